The topological polar surface area (TPSA) is 133 Å². The van der Waals surface area contributed by atoms with Crippen LogP contribution in [0.4, 0.5) is 24.2 Å². The number of pyridine rings is 1. The van der Waals surface area contributed by atoms with Crippen molar-refractivity contribution in [3.05, 3.63) is 70.9 Å². The number of aliphatic hydroxyl groups is 1. The number of halogens is 3. The molecule has 3 aromatic rings. The van der Waals surface area contributed by atoms with Crippen LogP contribution in [0.1, 0.15) is 18.4 Å². The number of hydrogen-bond donors (Lipinski definition) is 3. The van der Waals surface area contributed by atoms with Gasteiger partial charge in [0.1, 0.15) is 30.7 Å². The Morgan fingerprint density at radius 1 is 1.02 bits per heavy atom. The van der Waals surface area contributed by atoms with Crippen molar-refractivity contribution in [3.63, 3.8) is 0 Å². The van der Waals surface area contributed by atoms with Crippen molar-refractivity contribution in [2.75, 3.05) is 46.2 Å². The average Bonchev–Trinajstić information content (AvgIpc) is 2.95. The molecule has 3 amide bonds. The molecule has 0 saturated carbocycles. The summed E-state index contributed by atoms with van der Waals surface area (Å²) in [7, 11) is 4.88. The summed E-state index contributed by atoms with van der Waals surface area (Å²) in [5.74, 6) is -1.43. The summed E-state index contributed by atoms with van der Waals surface area (Å²) in [6.45, 7) is -0.529. The third kappa shape index (κ3) is 10.6. The molecule has 0 aliphatic carbocycles. The Kier molecular flexibility index (Phi) is 12.4. The second kappa shape index (κ2) is 16.0. The fourth-order valence-electron chi connectivity index (χ4n) is 3.99. The first kappa shape index (κ1) is 33.4. The van der Waals surface area contributed by atoms with Gasteiger partial charge >= 0.3 is 18.1 Å². The molecule has 0 aliphatic heterocycles. The van der Waals surface area contributed by atoms with Crippen LogP contribution < -0.4 is 10.6 Å². The summed E-state index contributed by atoms with van der Waals surface area (Å²) >= 11 is 5.98. The highest BCUT2D eigenvalue weighted by molar-refractivity contribution is 6.31. The minimum atomic E-state index is -1.04. The fraction of sp³-hybridized carbons (Fsp3) is 0.379. The number of nitrogens with one attached hydrogen (secondary N) is 2. The quantitative estimate of drug-likeness (QED) is 0.242. The lowest BCUT2D eigenvalue weighted by atomic mass is 10.1. The maximum Gasteiger partial charge on any atom is 0.412 e. The van der Waals surface area contributed by atoms with E-state index in [2.05, 4.69) is 15.6 Å². The number of aliphatic hydroxyl groups excluding tert-OH is 1. The summed E-state index contributed by atoms with van der Waals surface area (Å²) < 4.78 is 37.8. The number of rotatable bonds is 13. The first-order valence-electron chi connectivity index (χ1n) is 13.3. The maximum atomic E-state index is 13.8. The fourth-order valence-corrected chi connectivity index (χ4v) is 4.18. The average molecular weight is 622 g/mol. The van der Waals surface area contributed by atoms with Gasteiger partial charge in [0.2, 0.25) is 0 Å². The number of nitrogens with zero attached hydrogens (tertiary/aromatic N) is 3. The molecule has 0 radical (unpaired) electrons. The molecule has 3 N–H and O–H groups in total. The highest BCUT2D eigenvalue weighted by Crippen LogP contribution is 2.20. The molecule has 0 aliphatic rings. The molecule has 1 unspecified atom stereocenters. The van der Waals surface area contributed by atoms with Gasteiger partial charge in [0.25, 0.3) is 0 Å². The minimum Gasteiger partial charge on any atom is -0.462 e. The summed E-state index contributed by atoms with van der Waals surface area (Å²) in [5, 5.41) is 16.6. The Morgan fingerprint density at radius 2 is 1.79 bits per heavy atom. The normalized spacial score (nSPS) is 12.5. The number of carbonyl (C=O) groups is 3. The molecule has 1 heterocycles. The number of likely N-dealkylation sites (N-methyl/N-ethyl adjacent to an activating group) is 2. The molecule has 232 valence electrons. The van der Waals surface area contributed by atoms with E-state index in [-0.39, 0.29) is 50.0 Å². The SMILES string of the molecule is CN(C)CC(=O)OCC(O)CC[C@@H](COC(=O)Nc1cc2cc(F)ccc2cn1)N(C)C(=O)NCc1cccc(F)c1Cl. The number of esters is 1. The minimum absolute atomic E-state index is 0.0531. The van der Waals surface area contributed by atoms with Crippen molar-refractivity contribution in [1.82, 2.24) is 20.1 Å². The van der Waals surface area contributed by atoms with Crippen LogP contribution in [0.15, 0.2) is 48.7 Å². The Labute approximate surface area is 252 Å². The van der Waals surface area contributed by atoms with E-state index in [9.17, 15) is 28.3 Å². The number of hydrogen-bond acceptors (Lipinski definition) is 8. The van der Waals surface area contributed by atoms with E-state index in [1.807, 2.05) is 0 Å². The molecule has 0 saturated heterocycles. The Bertz CT molecular complexity index is 1430. The molecular formula is C29H34ClF2N5O6. The van der Waals surface area contributed by atoms with E-state index < -0.39 is 41.9 Å². The van der Waals surface area contributed by atoms with E-state index in [4.69, 9.17) is 21.1 Å². The van der Waals surface area contributed by atoms with Crippen LogP contribution >= 0.6 is 11.6 Å². The third-order valence-electron chi connectivity index (χ3n) is 6.37. The van der Waals surface area contributed by atoms with E-state index in [0.29, 0.717) is 16.3 Å². The number of urea groups is 1. The molecule has 43 heavy (non-hydrogen) atoms. The molecule has 2 aromatic carbocycles. The van der Waals surface area contributed by atoms with Gasteiger partial charge < -0.3 is 24.8 Å². The van der Waals surface area contributed by atoms with Crippen LogP contribution in [0.2, 0.25) is 5.02 Å². The highest BCUT2D eigenvalue weighted by atomic mass is 35.5. The standard InChI is InChI=1S/C29H34ClF2N5O6/c1-36(2)15-26(39)42-17-23(38)10-9-22(37(3)28(40)34-14-19-5-4-6-24(32)27(19)30)16-43-29(41)35-25-12-20-11-21(31)8-7-18(20)13-33-25/h4-8,11-13,22-23,38H,9-10,14-17H2,1-3H3,(H,34,40)(H,33,35,41)/t22-,23?/m0/s1. The van der Waals surface area contributed by atoms with Crippen molar-refractivity contribution in [1.29, 1.82) is 0 Å². The van der Waals surface area contributed by atoms with E-state index in [1.54, 1.807) is 31.1 Å². The van der Waals surface area contributed by atoms with Gasteiger partial charge in [-0.3, -0.25) is 15.0 Å². The first-order chi connectivity index (χ1) is 20.4. The van der Waals surface area contributed by atoms with Crippen LogP contribution in [0.5, 0.6) is 0 Å². The van der Waals surface area contributed by atoms with Crippen LogP contribution in [0.3, 0.4) is 0 Å². The predicted molar refractivity (Wildman–Crippen MR) is 157 cm³/mol. The molecule has 3 rings (SSSR count). The molecule has 0 bridgehead atoms. The van der Waals surface area contributed by atoms with Crippen LogP contribution in [-0.2, 0) is 20.8 Å². The lowest BCUT2D eigenvalue weighted by Gasteiger charge is -2.29. The molecule has 14 heteroatoms. The van der Waals surface area contributed by atoms with Gasteiger partial charge in [0.15, 0.2) is 0 Å². The van der Waals surface area contributed by atoms with Crippen LogP contribution in [-0.4, -0.2) is 91.0 Å². The molecule has 2 atom stereocenters. The van der Waals surface area contributed by atoms with E-state index in [0.717, 1.165) is 0 Å². The van der Waals surface area contributed by atoms with Gasteiger partial charge in [0, 0.05) is 25.2 Å². The largest absolute Gasteiger partial charge is 0.462 e. The number of amides is 3. The maximum absolute atomic E-state index is 13.8. The smallest absolute Gasteiger partial charge is 0.412 e. The van der Waals surface area contributed by atoms with Gasteiger partial charge in [-0.1, -0.05) is 23.7 Å². The predicted octanol–water partition coefficient (Wildman–Crippen LogP) is 4.17. The molecule has 0 spiro atoms. The van der Waals surface area contributed by atoms with E-state index in [1.165, 1.54) is 48.5 Å². The lowest BCUT2D eigenvalue weighted by Crippen LogP contribution is -2.46. The molecule has 1 aromatic heterocycles. The van der Waals surface area contributed by atoms with Crippen molar-refractivity contribution >= 4 is 46.3 Å². The first-order valence-corrected chi connectivity index (χ1v) is 13.7. The van der Waals surface area contributed by atoms with Crippen molar-refractivity contribution in [3.8, 4) is 0 Å². The molecule has 11 nitrogen and oxygen atoms in total. The van der Waals surface area contributed by atoms with E-state index >= 15 is 0 Å². The Hall–Kier alpha value is -4.07. The van der Waals surface area contributed by atoms with Gasteiger partial charge in [-0.05, 0) is 68.2 Å². The number of benzene rings is 2. The zero-order chi connectivity index (χ0) is 31.5. The summed E-state index contributed by atoms with van der Waals surface area (Å²) in [6, 6.07) is 8.60. The summed E-state index contributed by atoms with van der Waals surface area (Å²) in [4.78, 5) is 44.3. The summed E-state index contributed by atoms with van der Waals surface area (Å²) in [6.07, 6.45) is -0.157. The monoisotopic (exact) mass is 621 g/mol. The number of aromatic nitrogens is 1. The van der Waals surface area contributed by atoms with Crippen molar-refractivity contribution < 1.29 is 37.7 Å². The Morgan fingerprint density at radius 3 is 2.53 bits per heavy atom. The van der Waals surface area contributed by atoms with Crippen LogP contribution in [0.25, 0.3) is 10.8 Å². The zero-order valence-corrected chi connectivity index (χ0v) is 24.7. The third-order valence-corrected chi connectivity index (χ3v) is 6.79. The highest BCUT2D eigenvalue weighted by Gasteiger charge is 2.24. The van der Waals surface area contributed by atoms with Gasteiger partial charge in [0.05, 0.1) is 23.7 Å². The lowest BCUT2D eigenvalue weighted by molar-refractivity contribution is -0.147. The number of ether oxygens (including phenoxy) is 2. The van der Waals surface area contributed by atoms with Crippen molar-refractivity contribution in [2.45, 2.75) is 31.5 Å². The molecule has 0 fully saturated rings. The number of carbonyl (C=O) groups excluding carboxylic acids is 3. The number of fused-ring (bicyclic) bond motifs is 1. The van der Waals surface area contributed by atoms with Crippen LogP contribution in [0, 0.1) is 11.6 Å². The number of anilines is 1. The van der Waals surface area contributed by atoms with Gasteiger partial charge in [-0.2, -0.15) is 0 Å². The summed E-state index contributed by atoms with van der Waals surface area (Å²) in [5.41, 5.74) is 0.369. The van der Waals surface area contributed by atoms with Gasteiger partial charge in [-0.25, -0.2) is 23.4 Å². The zero-order valence-electron chi connectivity index (χ0n) is 24.0. The second-order valence-corrected chi connectivity index (χ2v) is 10.5. The second-order valence-electron chi connectivity index (χ2n) is 10.1. The van der Waals surface area contributed by atoms with Crippen molar-refractivity contribution in [2.24, 2.45) is 0 Å². The van der Waals surface area contributed by atoms with Gasteiger partial charge in [-0.15, -0.1) is 0 Å². The Balaban J connectivity index is 1.62. The molecular weight excluding hydrogens is 588 g/mol.